The Morgan fingerprint density at radius 2 is 1.52 bits per heavy atom. The molecule has 4 nitrogen and oxygen atoms in total. The number of rotatable bonds is 4. The second-order valence-corrected chi connectivity index (χ2v) is 8.88. The molecule has 0 unspecified atom stereocenters. The third-order valence-corrected chi connectivity index (χ3v) is 6.75. The van der Waals surface area contributed by atoms with E-state index in [1.165, 1.54) is 37.6 Å². The van der Waals surface area contributed by atoms with Gasteiger partial charge in [-0.15, -0.1) is 11.3 Å². The number of aromatic nitrogens is 1. The first kappa shape index (κ1) is 17.7. The molecular formula is C18H17FN2O2S2. The van der Waals surface area contributed by atoms with E-state index in [4.69, 9.17) is 0 Å². The van der Waals surface area contributed by atoms with Gasteiger partial charge in [0, 0.05) is 19.7 Å². The molecule has 0 fully saturated rings. The molecule has 2 aromatic carbocycles. The van der Waals surface area contributed by atoms with Crippen LogP contribution in [0.1, 0.15) is 5.56 Å². The maximum absolute atomic E-state index is 13.2. The van der Waals surface area contributed by atoms with Crippen LogP contribution in [-0.4, -0.2) is 31.8 Å². The molecule has 3 aromatic rings. The summed E-state index contributed by atoms with van der Waals surface area (Å²) < 4.78 is 39.7. The molecule has 25 heavy (non-hydrogen) atoms. The number of hydrogen-bond acceptors (Lipinski definition) is 4. The number of aryl methyl sites for hydroxylation is 1. The van der Waals surface area contributed by atoms with Gasteiger partial charge in [-0.25, -0.2) is 22.1 Å². The summed E-state index contributed by atoms with van der Waals surface area (Å²) in [6.07, 6.45) is 0. The zero-order valence-electron chi connectivity index (χ0n) is 14.0. The lowest BCUT2D eigenvalue weighted by atomic mass is 10.2. The SMILES string of the molecule is Cc1ccc(-c2nc(S(=O)(=O)N(C)C)c(-c3ccc(F)cc3)s2)cc1. The number of nitrogens with zero attached hydrogens (tertiary/aromatic N) is 2. The molecule has 0 radical (unpaired) electrons. The van der Waals surface area contributed by atoms with Gasteiger partial charge in [0.2, 0.25) is 0 Å². The second-order valence-electron chi connectivity index (χ2n) is 5.81. The molecule has 0 aliphatic heterocycles. The Morgan fingerprint density at radius 1 is 0.960 bits per heavy atom. The molecular weight excluding hydrogens is 359 g/mol. The molecule has 0 spiro atoms. The maximum Gasteiger partial charge on any atom is 0.261 e. The molecule has 3 rings (SSSR count). The summed E-state index contributed by atoms with van der Waals surface area (Å²) >= 11 is 1.28. The van der Waals surface area contributed by atoms with Gasteiger partial charge in [0.05, 0.1) is 4.88 Å². The minimum atomic E-state index is -3.72. The van der Waals surface area contributed by atoms with Gasteiger partial charge in [-0.1, -0.05) is 42.0 Å². The highest BCUT2D eigenvalue weighted by Crippen LogP contribution is 2.38. The zero-order chi connectivity index (χ0) is 18.2. The summed E-state index contributed by atoms with van der Waals surface area (Å²) in [7, 11) is -0.788. The van der Waals surface area contributed by atoms with E-state index >= 15 is 0 Å². The van der Waals surface area contributed by atoms with Crippen molar-refractivity contribution in [2.75, 3.05) is 14.1 Å². The highest BCUT2D eigenvalue weighted by molar-refractivity contribution is 7.89. The van der Waals surface area contributed by atoms with Gasteiger partial charge in [0.25, 0.3) is 10.0 Å². The topological polar surface area (TPSA) is 50.3 Å². The summed E-state index contributed by atoms with van der Waals surface area (Å²) in [5.74, 6) is -0.371. The second kappa shape index (κ2) is 6.67. The molecule has 0 saturated heterocycles. The molecule has 0 aliphatic carbocycles. The van der Waals surface area contributed by atoms with Crippen LogP contribution in [0.3, 0.4) is 0 Å². The molecule has 130 valence electrons. The minimum absolute atomic E-state index is 0.00955. The van der Waals surface area contributed by atoms with Crippen molar-refractivity contribution < 1.29 is 12.8 Å². The molecule has 7 heteroatoms. The van der Waals surface area contributed by atoms with Crippen molar-refractivity contribution in [1.29, 1.82) is 0 Å². The largest absolute Gasteiger partial charge is 0.261 e. The van der Waals surface area contributed by atoms with Crippen LogP contribution >= 0.6 is 11.3 Å². The molecule has 0 bridgehead atoms. The van der Waals surface area contributed by atoms with Crippen molar-refractivity contribution in [3.8, 4) is 21.0 Å². The fourth-order valence-corrected chi connectivity index (χ4v) is 4.63. The average molecular weight is 376 g/mol. The molecule has 0 amide bonds. The van der Waals surface area contributed by atoms with Gasteiger partial charge in [-0.2, -0.15) is 0 Å². The van der Waals surface area contributed by atoms with Crippen LogP contribution in [0.4, 0.5) is 4.39 Å². The summed E-state index contributed by atoms with van der Waals surface area (Å²) in [6.45, 7) is 1.98. The molecule has 1 aromatic heterocycles. The van der Waals surface area contributed by atoms with Crippen LogP contribution in [-0.2, 0) is 10.0 Å². The smallest absolute Gasteiger partial charge is 0.222 e. The number of hydrogen-bond donors (Lipinski definition) is 0. The van der Waals surface area contributed by atoms with Gasteiger partial charge < -0.3 is 0 Å². The Bertz CT molecular complexity index is 993. The third-order valence-electron chi connectivity index (χ3n) is 3.73. The lowest BCUT2D eigenvalue weighted by Gasteiger charge is -2.10. The van der Waals surface area contributed by atoms with E-state index in [-0.39, 0.29) is 10.8 Å². The van der Waals surface area contributed by atoms with Gasteiger partial charge in [-0.05, 0) is 24.6 Å². The van der Waals surface area contributed by atoms with Crippen LogP contribution in [0.2, 0.25) is 0 Å². The van der Waals surface area contributed by atoms with Gasteiger partial charge in [0.1, 0.15) is 10.8 Å². The molecule has 1 heterocycles. The molecule has 0 atom stereocenters. The normalized spacial score (nSPS) is 11.9. The van der Waals surface area contributed by atoms with Crippen molar-refractivity contribution in [2.24, 2.45) is 0 Å². The average Bonchev–Trinajstić information content (AvgIpc) is 3.02. The van der Waals surface area contributed by atoms with Crippen LogP contribution in [0, 0.1) is 12.7 Å². The van der Waals surface area contributed by atoms with Crippen LogP contribution in [0.25, 0.3) is 21.0 Å². The van der Waals surface area contributed by atoms with E-state index in [2.05, 4.69) is 4.98 Å². The van der Waals surface area contributed by atoms with Gasteiger partial charge >= 0.3 is 0 Å². The zero-order valence-corrected chi connectivity index (χ0v) is 15.7. The Morgan fingerprint density at radius 3 is 2.08 bits per heavy atom. The van der Waals surface area contributed by atoms with Gasteiger partial charge in [0.15, 0.2) is 5.03 Å². The molecule has 0 aliphatic rings. The molecule has 0 N–H and O–H groups in total. The standard InChI is InChI=1S/C18H17FN2O2S2/c1-12-4-6-14(7-5-12)17-20-18(25(22,23)21(2)3)16(24-17)13-8-10-15(19)11-9-13/h4-11H,1-3H3. The number of halogens is 1. The number of thiazole rings is 1. The Hall–Kier alpha value is -2.09. The number of benzene rings is 2. The van der Waals surface area contributed by atoms with E-state index in [1.54, 1.807) is 12.1 Å². The lowest BCUT2D eigenvalue weighted by molar-refractivity contribution is 0.518. The molecule has 0 saturated carbocycles. The van der Waals surface area contributed by atoms with Crippen molar-refractivity contribution in [1.82, 2.24) is 9.29 Å². The van der Waals surface area contributed by atoms with Crippen molar-refractivity contribution in [2.45, 2.75) is 11.9 Å². The Balaban J connectivity index is 2.21. The van der Waals surface area contributed by atoms with E-state index in [1.807, 2.05) is 31.2 Å². The summed E-state index contributed by atoms with van der Waals surface area (Å²) in [5, 5.41) is 0.601. The predicted octanol–water partition coefficient (Wildman–Crippen LogP) is 4.17. The van der Waals surface area contributed by atoms with Crippen molar-refractivity contribution in [3.63, 3.8) is 0 Å². The fraction of sp³-hybridized carbons (Fsp3) is 0.167. The first-order valence-corrected chi connectivity index (χ1v) is 9.81. The van der Waals surface area contributed by atoms with Crippen LogP contribution in [0.15, 0.2) is 53.6 Å². The lowest BCUT2D eigenvalue weighted by Crippen LogP contribution is -2.23. The summed E-state index contributed by atoms with van der Waals surface area (Å²) in [6, 6.07) is 13.5. The monoisotopic (exact) mass is 376 g/mol. The minimum Gasteiger partial charge on any atom is -0.222 e. The van der Waals surface area contributed by atoms with E-state index in [0.29, 0.717) is 15.4 Å². The van der Waals surface area contributed by atoms with Crippen molar-refractivity contribution in [3.05, 3.63) is 59.9 Å². The van der Waals surface area contributed by atoms with E-state index in [9.17, 15) is 12.8 Å². The highest BCUT2D eigenvalue weighted by Gasteiger charge is 2.27. The summed E-state index contributed by atoms with van der Waals surface area (Å²) in [5.41, 5.74) is 2.58. The summed E-state index contributed by atoms with van der Waals surface area (Å²) in [4.78, 5) is 4.90. The van der Waals surface area contributed by atoms with E-state index in [0.717, 1.165) is 15.4 Å². The van der Waals surface area contributed by atoms with Crippen LogP contribution in [0.5, 0.6) is 0 Å². The highest BCUT2D eigenvalue weighted by atomic mass is 32.2. The first-order valence-electron chi connectivity index (χ1n) is 7.55. The maximum atomic E-state index is 13.2. The van der Waals surface area contributed by atoms with Crippen molar-refractivity contribution >= 4 is 21.4 Å². The Labute approximate surface area is 150 Å². The fourth-order valence-electron chi connectivity index (χ4n) is 2.26. The van der Waals surface area contributed by atoms with Gasteiger partial charge in [-0.3, -0.25) is 0 Å². The van der Waals surface area contributed by atoms with Crippen LogP contribution < -0.4 is 0 Å². The third kappa shape index (κ3) is 3.49. The Kier molecular flexibility index (Phi) is 4.73. The van der Waals surface area contributed by atoms with E-state index < -0.39 is 10.0 Å². The predicted molar refractivity (Wildman–Crippen MR) is 98.6 cm³/mol. The number of sulfonamides is 1. The quantitative estimate of drug-likeness (QED) is 0.686. The first-order chi connectivity index (χ1) is 11.8.